The minimum Gasteiger partial charge on any atom is -0.453 e. The fourth-order valence-electron chi connectivity index (χ4n) is 2.85. The third kappa shape index (κ3) is 6.00. The molecule has 2 aromatic carbocycles. The standard InChI is InChI=1S/C21H18F4N2O4S/c1-11(19(29)26-10-12-2-5-14(22)6-3-12)31-18(28)9-17-20(30)27-15-8-13(21(23,24)25)4-7-16(15)32-17/h2-8,11,17H,9-10H2,1H3,(H,26,29)(H,27,30). The Labute approximate surface area is 184 Å². The van der Waals surface area contributed by atoms with Crippen molar-refractivity contribution in [3.63, 3.8) is 0 Å². The Kier molecular flexibility index (Phi) is 7.07. The van der Waals surface area contributed by atoms with Gasteiger partial charge in [0.15, 0.2) is 6.10 Å². The van der Waals surface area contributed by atoms with Crippen molar-refractivity contribution in [2.24, 2.45) is 0 Å². The first-order valence-corrected chi connectivity index (χ1v) is 10.3. The predicted molar refractivity (Wildman–Crippen MR) is 108 cm³/mol. The van der Waals surface area contributed by atoms with Gasteiger partial charge in [0, 0.05) is 11.4 Å². The summed E-state index contributed by atoms with van der Waals surface area (Å²) in [5.41, 5.74) is -0.218. The van der Waals surface area contributed by atoms with Crippen molar-refractivity contribution < 1.29 is 36.7 Å². The van der Waals surface area contributed by atoms with Crippen LogP contribution in [0, 0.1) is 5.82 Å². The maximum atomic E-state index is 12.9. The number of carbonyl (C=O) groups excluding carboxylic acids is 3. The van der Waals surface area contributed by atoms with Crippen molar-refractivity contribution in [2.45, 2.75) is 42.3 Å². The first-order valence-electron chi connectivity index (χ1n) is 9.43. The van der Waals surface area contributed by atoms with Crippen LogP contribution in [-0.4, -0.2) is 29.1 Å². The number of benzene rings is 2. The molecule has 0 aromatic heterocycles. The molecule has 2 N–H and O–H groups in total. The van der Waals surface area contributed by atoms with E-state index in [0.717, 1.165) is 23.9 Å². The zero-order chi connectivity index (χ0) is 23.5. The molecule has 2 amide bonds. The lowest BCUT2D eigenvalue weighted by Crippen LogP contribution is -2.37. The van der Waals surface area contributed by atoms with Gasteiger partial charge in [-0.2, -0.15) is 13.2 Å². The van der Waals surface area contributed by atoms with E-state index in [9.17, 15) is 31.9 Å². The summed E-state index contributed by atoms with van der Waals surface area (Å²) in [6.45, 7) is 1.47. The molecular formula is C21H18F4N2O4S. The van der Waals surface area contributed by atoms with E-state index in [4.69, 9.17) is 4.74 Å². The number of ether oxygens (including phenoxy) is 1. The lowest BCUT2D eigenvalue weighted by Gasteiger charge is -2.24. The molecule has 11 heteroatoms. The highest BCUT2D eigenvalue weighted by atomic mass is 32.2. The number of thioether (sulfide) groups is 1. The van der Waals surface area contributed by atoms with Crippen molar-refractivity contribution in [1.29, 1.82) is 0 Å². The maximum Gasteiger partial charge on any atom is 0.416 e. The van der Waals surface area contributed by atoms with E-state index in [2.05, 4.69) is 10.6 Å². The van der Waals surface area contributed by atoms with Gasteiger partial charge >= 0.3 is 12.1 Å². The summed E-state index contributed by atoms with van der Waals surface area (Å²) in [7, 11) is 0. The van der Waals surface area contributed by atoms with Crippen LogP contribution in [0.1, 0.15) is 24.5 Å². The maximum absolute atomic E-state index is 12.9. The second-order valence-corrected chi connectivity index (χ2v) is 8.23. The smallest absolute Gasteiger partial charge is 0.416 e. The van der Waals surface area contributed by atoms with Crippen molar-refractivity contribution in [2.75, 3.05) is 5.32 Å². The minimum atomic E-state index is -4.54. The summed E-state index contributed by atoms with van der Waals surface area (Å²) in [6.07, 6.45) is -6.05. The zero-order valence-corrected chi connectivity index (χ0v) is 17.5. The van der Waals surface area contributed by atoms with Crippen molar-refractivity contribution in [3.05, 3.63) is 59.4 Å². The highest BCUT2D eigenvalue weighted by molar-refractivity contribution is 8.01. The van der Waals surface area contributed by atoms with E-state index >= 15 is 0 Å². The number of hydrogen-bond acceptors (Lipinski definition) is 5. The highest BCUT2D eigenvalue weighted by Gasteiger charge is 2.35. The largest absolute Gasteiger partial charge is 0.453 e. The van der Waals surface area contributed by atoms with Crippen LogP contribution in [0.25, 0.3) is 0 Å². The van der Waals surface area contributed by atoms with Crippen LogP contribution in [0.2, 0.25) is 0 Å². The number of amides is 2. The van der Waals surface area contributed by atoms with Gasteiger partial charge < -0.3 is 15.4 Å². The molecule has 6 nitrogen and oxygen atoms in total. The first-order chi connectivity index (χ1) is 15.0. The molecule has 1 heterocycles. The number of carbonyl (C=O) groups is 3. The minimum absolute atomic E-state index is 0.0213. The summed E-state index contributed by atoms with van der Waals surface area (Å²) in [6, 6.07) is 8.46. The molecule has 2 aromatic rings. The zero-order valence-electron chi connectivity index (χ0n) is 16.7. The van der Waals surface area contributed by atoms with Gasteiger partial charge in [0.05, 0.1) is 22.9 Å². The molecule has 0 saturated carbocycles. The normalized spacial score (nSPS) is 16.5. The summed E-state index contributed by atoms with van der Waals surface area (Å²) >= 11 is 0.946. The van der Waals surface area contributed by atoms with E-state index in [0.29, 0.717) is 10.5 Å². The summed E-state index contributed by atoms with van der Waals surface area (Å²) in [5.74, 6) is -2.42. The molecule has 1 aliphatic heterocycles. The SMILES string of the molecule is CC(OC(=O)CC1Sc2ccc(C(F)(F)F)cc2NC1=O)C(=O)NCc1ccc(F)cc1. The van der Waals surface area contributed by atoms with E-state index in [1.165, 1.54) is 37.3 Å². The monoisotopic (exact) mass is 470 g/mol. The number of nitrogens with one attached hydrogen (secondary N) is 2. The van der Waals surface area contributed by atoms with Gasteiger partial charge in [-0.1, -0.05) is 12.1 Å². The number of alkyl halides is 3. The third-order valence-electron chi connectivity index (χ3n) is 4.54. The molecule has 1 aliphatic rings. The molecule has 32 heavy (non-hydrogen) atoms. The van der Waals surface area contributed by atoms with E-state index in [1.807, 2.05) is 0 Å². The second kappa shape index (κ2) is 9.60. The van der Waals surface area contributed by atoms with E-state index in [-0.39, 0.29) is 18.7 Å². The molecule has 0 saturated heterocycles. The van der Waals surface area contributed by atoms with Crippen LogP contribution < -0.4 is 10.6 Å². The topological polar surface area (TPSA) is 84.5 Å². The van der Waals surface area contributed by atoms with Gasteiger partial charge in [-0.05, 0) is 42.8 Å². The van der Waals surface area contributed by atoms with Crippen LogP contribution in [0.15, 0.2) is 47.4 Å². The van der Waals surface area contributed by atoms with E-state index in [1.54, 1.807) is 0 Å². The molecule has 0 aliphatic carbocycles. The Bertz CT molecular complexity index is 1030. The number of halogens is 4. The molecule has 0 bridgehead atoms. The summed E-state index contributed by atoms with van der Waals surface area (Å²) in [5, 5.41) is 4.01. The molecule has 170 valence electrons. The Morgan fingerprint density at radius 1 is 1.19 bits per heavy atom. The van der Waals surface area contributed by atoms with Gasteiger partial charge in [-0.25, -0.2) is 4.39 Å². The molecule has 0 spiro atoms. The number of anilines is 1. The molecule has 0 radical (unpaired) electrons. The quantitative estimate of drug-likeness (QED) is 0.494. The number of esters is 1. The van der Waals surface area contributed by atoms with Gasteiger partial charge in [-0.3, -0.25) is 14.4 Å². The van der Waals surface area contributed by atoms with Crippen LogP contribution in [0.5, 0.6) is 0 Å². The van der Waals surface area contributed by atoms with Crippen LogP contribution >= 0.6 is 11.8 Å². The Morgan fingerprint density at radius 2 is 1.88 bits per heavy atom. The second-order valence-electron chi connectivity index (χ2n) is 6.98. The lowest BCUT2D eigenvalue weighted by atomic mass is 10.1. The Hall–Kier alpha value is -3.08. The molecule has 2 unspecified atom stereocenters. The van der Waals surface area contributed by atoms with Crippen LogP contribution in [0.4, 0.5) is 23.2 Å². The number of fused-ring (bicyclic) bond motifs is 1. The van der Waals surface area contributed by atoms with Crippen LogP contribution in [0.3, 0.4) is 0 Å². The Balaban J connectivity index is 1.52. The summed E-state index contributed by atoms with van der Waals surface area (Å²) in [4.78, 5) is 36.9. The first kappa shape index (κ1) is 23.6. The average molecular weight is 470 g/mol. The highest BCUT2D eigenvalue weighted by Crippen LogP contribution is 2.40. The predicted octanol–water partition coefficient (Wildman–Crippen LogP) is 3.90. The number of rotatable bonds is 6. The van der Waals surface area contributed by atoms with Gasteiger partial charge in [0.2, 0.25) is 5.91 Å². The molecule has 3 rings (SSSR count). The molecular weight excluding hydrogens is 452 g/mol. The van der Waals surface area contributed by atoms with Gasteiger partial charge in [0.1, 0.15) is 5.82 Å². The number of hydrogen-bond donors (Lipinski definition) is 2. The molecule has 2 atom stereocenters. The average Bonchev–Trinajstić information content (AvgIpc) is 2.72. The van der Waals surface area contributed by atoms with Gasteiger partial charge in [0.25, 0.3) is 5.91 Å². The fourth-order valence-corrected chi connectivity index (χ4v) is 3.92. The van der Waals surface area contributed by atoms with Gasteiger partial charge in [-0.15, -0.1) is 11.8 Å². The Morgan fingerprint density at radius 3 is 2.53 bits per heavy atom. The third-order valence-corrected chi connectivity index (χ3v) is 5.81. The summed E-state index contributed by atoms with van der Waals surface area (Å²) < 4.78 is 56.5. The fraction of sp³-hybridized carbons (Fsp3) is 0.286. The van der Waals surface area contributed by atoms with Crippen molar-refractivity contribution in [3.8, 4) is 0 Å². The van der Waals surface area contributed by atoms with Crippen LogP contribution in [-0.2, 0) is 31.8 Å². The lowest BCUT2D eigenvalue weighted by molar-refractivity contribution is -0.155. The van der Waals surface area contributed by atoms with Crippen molar-refractivity contribution in [1.82, 2.24) is 5.32 Å². The van der Waals surface area contributed by atoms with E-state index < -0.39 is 46.7 Å². The molecule has 0 fully saturated rings. The van der Waals surface area contributed by atoms with Crippen molar-refractivity contribution >= 4 is 35.2 Å².